The molecule has 7 nitrogen and oxygen atoms in total. The maximum Gasteiger partial charge on any atom is 0.338 e. The number of nitrogens with zero attached hydrogens (tertiary/aromatic N) is 1. The molecule has 3 aromatic rings. The van der Waals surface area contributed by atoms with Gasteiger partial charge in [0.2, 0.25) is 0 Å². The standard InChI is InChI=1S/C26H24N2O5/c1-16(2)13-14-27-22(29)15-33-26(32)18-9-11-19(12-10-18)28-24(30)20-7-3-5-17-6-4-8-21(23(17)20)25(28)31/h3-12,16H,13-15H2,1-2H3,(H,27,29). The number of ether oxygens (including phenoxy) is 1. The van der Waals surface area contributed by atoms with E-state index in [1.54, 1.807) is 24.3 Å². The van der Waals surface area contributed by atoms with Crippen molar-refractivity contribution in [1.82, 2.24) is 5.32 Å². The van der Waals surface area contributed by atoms with Crippen LogP contribution in [-0.2, 0) is 9.53 Å². The molecule has 3 amide bonds. The molecule has 1 aliphatic rings. The van der Waals surface area contributed by atoms with E-state index in [1.165, 1.54) is 24.3 Å². The predicted octanol–water partition coefficient (Wildman–Crippen LogP) is 3.96. The molecule has 0 fully saturated rings. The Balaban J connectivity index is 1.46. The fourth-order valence-corrected chi connectivity index (χ4v) is 3.78. The summed E-state index contributed by atoms with van der Waals surface area (Å²) in [4.78, 5) is 51.4. The van der Waals surface area contributed by atoms with E-state index in [-0.39, 0.29) is 18.1 Å². The first kappa shape index (κ1) is 22.2. The van der Waals surface area contributed by atoms with Gasteiger partial charge in [0, 0.05) is 23.1 Å². The molecule has 7 heteroatoms. The van der Waals surface area contributed by atoms with Gasteiger partial charge in [-0.3, -0.25) is 14.4 Å². The van der Waals surface area contributed by atoms with E-state index in [2.05, 4.69) is 19.2 Å². The quantitative estimate of drug-likeness (QED) is 0.440. The Bertz CT molecular complexity index is 1200. The van der Waals surface area contributed by atoms with E-state index in [4.69, 9.17) is 4.74 Å². The lowest BCUT2D eigenvalue weighted by Crippen LogP contribution is -2.40. The van der Waals surface area contributed by atoms with Gasteiger partial charge in [-0.15, -0.1) is 0 Å². The van der Waals surface area contributed by atoms with Crippen LogP contribution < -0.4 is 10.2 Å². The van der Waals surface area contributed by atoms with Gasteiger partial charge in [0.25, 0.3) is 17.7 Å². The molecule has 0 unspecified atom stereocenters. The SMILES string of the molecule is CC(C)CCNC(=O)COC(=O)c1ccc(N2C(=O)c3cccc4cccc(c34)C2=O)cc1. The van der Waals surface area contributed by atoms with Crippen LogP contribution in [0.15, 0.2) is 60.7 Å². The molecule has 3 aromatic carbocycles. The topological polar surface area (TPSA) is 92.8 Å². The Kier molecular flexibility index (Phi) is 6.22. The van der Waals surface area contributed by atoms with Crippen LogP contribution in [0.4, 0.5) is 5.69 Å². The molecular formula is C26H24N2O5. The van der Waals surface area contributed by atoms with Crippen molar-refractivity contribution >= 4 is 40.2 Å². The first-order valence-corrected chi connectivity index (χ1v) is 10.8. The van der Waals surface area contributed by atoms with E-state index < -0.39 is 17.8 Å². The predicted molar refractivity (Wildman–Crippen MR) is 124 cm³/mol. The van der Waals surface area contributed by atoms with Crippen LogP contribution in [0.5, 0.6) is 0 Å². The largest absolute Gasteiger partial charge is 0.452 e. The lowest BCUT2D eigenvalue weighted by Gasteiger charge is -2.27. The summed E-state index contributed by atoms with van der Waals surface area (Å²) in [5, 5.41) is 4.18. The zero-order valence-corrected chi connectivity index (χ0v) is 18.5. The van der Waals surface area contributed by atoms with Gasteiger partial charge in [-0.1, -0.05) is 38.1 Å². The number of nitrogens with one attached hydrogen (secondary N) is 1. The molecule has 1 aliphatic heterocycles. The Morgan fingerprint density at radius 3 is 2.09 bits per heavy atom. The summed E-state index contributed by atoms with van der Waals surface area (Å²) in [5.74, 6) is -1.40. The van der Waals surface area contributed by atoms with Crippen LogP contribution in [0.1, 0.15) is 51.3 Å². The van der Waals surface area contributed by atoms with Crippen LogP contribution in [-0.4, -0.2) is 36.8 Å². The number of carbonyl (C=O) groups is 4. The maximum absolute atomic E-state index is 13.1. The minimum Gasteiger partial charge on any atom is -0.452 e. The molecule has 33 heavy (non-hydrogen) atoms. The van der Waals surface area contributed by atoms with Crippen molar-refractivity contribution < 1.29 is 23.9 Å². The van der Waals surface area contributed by atoms with E-state index in [0.717, 1.165) is 16.7 Å². The van der Waals surface area contributed by atoms with Crippen molar-refractivity contribution in [2.24, 2.45) is 5.92 Å². The lowest BCUT2D eigenvalue weighted by atomic mass is 9.94. The molecule has 4 rings (SSSR count). The third-order valence-electron chi connectivity index (χ3n) is 5.51. The number of amides is 3. The Hall–Kier alpha value is -4.00. The molecule has 0 atom stereocenters. The van der Waals surface area contributed by atoms with Crippen LogP contribution in [0.3, 0.4) is 0 Å². The summed E-state index contributed by atoms with van der Waals surface area (Å²) in [6.45, 7) is 4.26. The van der Waals surface area contributed by atoms with E-state index in [1.807, 2.05) is 12.1 Å². The van der Waals surface area contributed by atoms with Gasteiger partial charge in [0.1, 0.15) is 0 Å². The van der Waals surface area contributed by atoms with Crippen molar-refractivity contribution in [3.63, 3.8) is 0 Å². The molecule has 168 valence electrons. The highest BCUT2D eigenvalue weighted by Gasteiger charge is 2.33. The number of carbonyl (C=O) groups excluding carboxylic acids is 4. The van der Waals surface area contributed by atoms with Crippen molar-refractivity contribution in [1.29, 1.82) is 0 Å². The normalized spacial score (nSPS) is 12.9. The zero-order chi connectivity index (χ0) is 23.5. The lowest BCUT2D eigenvalue weighted by molar-refractivity contribution is -0.124. The Morgan fingerprint density at radius 2 is 1.52 bits per heavy atom. The van der Waals surface area contributed by atoms with Gasteiger partial charge in [0.15, 0.2) is 6.61 Å². The molecule has 0 saturated heterocycles. The zero-order valence-electron chi connectivity index (χ0n) is 18.5. The summed E-state index contributed by atoms with van der Waals surface area (Å²) >= 11 is 0. The monoisotopic (exact) mass is 444 g/mol. The number of esters is 1. The fraction of sp³-hybridized carbons (Fsp3) is 0.231. The maximum atomic E-state index is 13.1. The number of rotatable bonds is 7. The van der Waals surface area contributed by atoms with Crippen molar-refractivity contribution in [2.45, 2.75) is 20.3 Å². The second-order valence-corrected chi connectivity index (χ2v) is 8.31. The van der Waals surface area contributed by atoms with Crippen LogP contribution in [0.25, 0.3) is 10.8 Å². The van der Waals surface area contributed by atoms with Gasteiger partial charge in [-0.05, 0) is 54.1 Å². The Labute approximate surface area is 191 Å². The third kappa shape index (κ3) is 4.48. The van der Waals surface area contributed by atoms with E-state index in [9.17, 15) is 19.2 Å². The molecule has 0 aliphatic carbocycles. The molecule has 0 bridgehead atoms. The average Bonchev–Trinajstić information content (AvgIpc) is 2.81. The third-order valence-corrected chi connectivity index (χ3v) is 5.51. The molecule has 1 N–H and O–H groups in total. The summed E-state index contributed by atoms with van der Waals surface area (Å²) in [6.07, 6.45) is 0.841. The molecule has 0 aromatic heterocycles. The molecule has 1 heterocycles. The van der Waals surface area contributed by atoms with Crippen LogP contribution in [0.2, 0.25) is 0 Å². The van der Waals surface area contributed by atoms with Crippen molar-refractivity contribution in [2.75, 3.05) is 18.1 Å². The fourth-order valence-electron chi connectivity index (χ4n) is 3.78. The number of imide groups is 1. The first-order valence-electron chi connectivity index (χ1n) is 10.8. The minimum absolute atomic E-state index is 0.216. The average molecular weight is 444 g/mol. The van der Waals surface area contributed by atoms with Gasteiger partial charge in [-0.25, -0.2) is 9.69 Å². The first-order chi connectivity index (χ1) is 15.9. The summed E-state index contributed by atoms with van der Waals surface area (Å²) in [5.41, 5.74) is 1.47. The van der Waals surface area contributed by atoms with Gasteiger partial charge >= 0.3 is 5.97 Å². The second-order valence-electron chi connectivity index (χ2n) is 8.31. The van der Waals surface area contributed by atoms with Gasteiger partial charge in [-0.2, -0.15) is 0 Å². The number of hydrogen-bond donors (Lipinski definition) is 1. The number of benzene rings is 3. The van der Waals surface area contributed by atoms with Crippen molar-refractivity contribution in [3.8, 4) is 0 Å². The van der Waals surface area contributed by atoms with Gasteiger partial charge in [0.05, 0.1) is 11.3 Å². The number of anilines is 1. The summed E-state index contributed by atoms with van der Waals surface area (Å²) in [7, 11) is 0. The Morgan fingerprint density at radius 1 is 0.909 bits per heavy atom. The van der Waals surface area contributed by atoms with E-state index >= 15 is 0 Å². The highest BCUT2D eigenvalue weighted by Crippen LogP contribution is 2.32. The molecule has 0 radical (unpaired) electrons. The van der Waals surface area contributed by atoms with Crippen LogP contribution >= 0.6 is 0 Å². The molecule has 0 spiro atoms. The summed E-state index contributed by atoms with van der Waals surface area (Å²) < 4.78 is 5.06. The minimum atomic E-state index is -0.660. The molecular weight excluding hydrogens is 420 g/mol. The van der Waals surface area contributed by atoms with Crippen LogP contribution in [0, 0.1) is 5.92 Å². The van der Waals surface area contributed by atoms with Gasteiger partial charge < -0.3 is 10.1 Å². The van der Waals surface area contributed by atoms with Crippen molar-refractivity contribution in [3.05, 3.63) is 77.4 Å². The highest BCUT2D eigenvalue weighted by atomic mass is 16.5. The highest BCUT2D eigenvalue weighted by molar-refractivity contribution is 6.35. The second kappa shape index (κ2) is 9.24. The molecule has 0 saturated carbocycles. The summed E-state index contributed by atoms with van der Waals surface area (Å²) in [6, 6.07) is 16.7. The van der Waals surface area contributed by atoms with E-state index in [0.29, 0.717) is 34.7 Å². The number of hydrogen-bond acceptors (Lipinski definition) is 5. The smallest absolute Gasteiger partial charge is 0.338 e.